The molecule has 0 aliphatic rings. The highest BCUT2D eigenvalue weighted by molar-refractivity contribution is 7.90. The van der Waals surface area contributed by atoms with Crippen molar-refractivity contribution in [3.63, 3.8) is 0 Å². The maximum absolute atomic E-state index is 11.9. The van der Waals surface area contributed by atoms with Gasteiger partial charge in [-0.1, -0.05) is 6.07 Å². The molecule has 1 heterocycles. The third-order valence-electron chi connectivity index (χ3n) is 3.20. The van der Waals surface area contributed by atoms with Crippen molar-refractivity contribution in [1.82, 2.24) is 5.32 Å². The van der Waals surface area contributed by atoms with E-state index in [1.54, 1.807) is 23.6 Å². The van der Waals surface area contributed by atoms with Crippen LogP contribution in [0.4, 0.5) is 5.69 Å². The zero-order valence-corrected chi connectivity index (χ0v) is 14.7. The third-order valence-corrected chi connectivity index (χ3v) is 4.99. The summed E-state index contributed by atoms with van der Waals surface area (Å²) in [4.78, 5) is 23.7. The molecule has 0 saturated carbocycles. The lowest BCUT2D eigenvalue weighted by Gasteiger charge is -2.07. The minimum absolute atomic E-state index is 0.155. The van der Waals surface area contributed by atoms with Gasteiger partial charge in [0, 0.05) is 35.9 Å². The SMILES string of the molecule is CS(=O)(=O)c1cccc(NC(=O)CCCNC(=O)c2ccsc2)c1. The van der Waals surface area contributed by atoms with Crippen molar-refractivity contribution in [3.05, 3.63) is 46.7 Å². The second-order valence-electron chi connectivity index (χ2n) is 5.22. The lowest BCUT2D eigenvalue weighted by molar-refractivity contribution is -0.116. The van der Waals surface area contributed by atoms with Gasteiger partial charge < -0.3 is 10.6 Å². The number of nitrogens with one attached hydrogen (secondary N) is 2. The first-order valence-corrected chi connectivity index (χ1v) is 10.1. The second-order valence-corrected chi connectivity index (χ2v) is 8.02. The molecule has 0 radical (unpaired) electrons. The van der Waals surface area contributed by atoms with Gasteiger partial charge in [-0.05, 0) is 36.1 Å². The summed E-state index contributed by atoms with van der Waals surface area (Å²) >= 11 is 1.45. The molecule has 1 aromatic carbocycles. The lowest BCUT2D eigenvalue weighted by Crippen LogP contribution is -2.25. The molecular weight excluding hydrogens is 348 g/mol. The van der Waals surface area contributed by atoms with Gasteiger partial charge in [0.1, 0.15) is 0 Å². The largest absolute Gasteiger partial charge is 0.352 e. The van der Waals surface area contributed by atoms with Crippen LogP contribution in [0.25, 0.3) is 0 Å². The summed E-state index contributed by atoms with van der Waals surface area (Å²) in [5.74, 6) is -0.386. The molecule has 24 heavy (non-hydrogen) atoms. The molecule has 0 saturated heterocycles. The van der Waals surface area contributed by atoms with Crippen molar-refractivity contribution in [1.29, 1.82) is 0 Å². The lowest BCUT2D eigenvalue weighted by atomic mass is 10.2. The highest BCUT2D eigenvalue weighted by Gasteiger charge is 2.09. The minimum atomic E-state index is -3.31. The van der Waals surface area contributed by atoms with Crippen LogP contribution in [0.2, 0.25) is 0 Å². The van der Waals surface area contributed by atoms with Crippen LogP contribution in [0, 0.1) is 0 Å². The molecule has 2 N–H and O–H groups in total. The van der Waals surface area contributed by atoms with Gasteiger partial charge in [-0.15, -0.1) is 0 Å². The summed E-state index contributed by atoms with van der Waals surface area (Å²) in [7, 11) is -3.31. The zero-order chi connectivity index (χ0) is 17.6. The number of thiophene rings is 1. The molecule has 0 spiro atoms. The van der Waals surface area contributed by atoms with E-state index >= 15 is 0 Å². The van der Waals surface area contributed by atoms with Gasteiger partial charge in [0.2, 0.25) is 5.91 Å². The van der Waals surface area contributed by atoms with E-state index in [1.165, 1.54) is 23.5 Å². The Labute approximate surface area is 144 Å². The Hall–Kier alpha value is -2.19. The van der Waals surface area contributed by atoms with E-state index < -0.39 is 9.84 Å². The van der Waals surface area contributed by atoms with Crippen molar-refractivity contribution in [2.24, 2.45) is 0 Å². The van der Waals surface area contributed by atoms with E-state index in [0.717, 1.165) is 6.26 Å². The molecule has 8 heteroatoms. The molecule has 0 bridgehead atoms. The molecule has 0 unspecified atom stereocenters. The van der Waals surface area contributed by atoms with E-state index in [1.807, 2.05) is 5.38 Å². The van der Waals surface area contributed by atoms with Crippen LogP contribution >= 0.6 is 11.3 Å². The van der Waals surface area contributed by atoms with E-state index in [2.05, 4.69) is 10.6 Å². The third kappa shape index (κ3) is 5.47. The molecule has 1 aromatic heterocycles. The van der Waals surface area contributed by atoms with Crippen molar-refractivity contribution >= 4 is 38.7 Å². The van der Waals surface area contributed by atoms with Gasteiger partial charge in [-0.25, -0.2) is 8.42 Å². The van der Waals surface area contributed by atoms with Crippen LogP contribution in [0.1, 0.15) is 23.2 Å². The number of carbonyl (C=O) groups excluding carboxylic acids is 2. The Morgan fingerprint density at radius 2 is 2.00 bits per heavy atom. The summed E-state index contributed by atoms with van der Waals surface area (Å²) < 4.78 is 23.0. The van der Waals surface area contributed by atoms with Gasteiger partial charge in [-0.2, -0.15) is 11.3 Å². The van der Waals surface area contributed by atoms with Crippen LogP contribution in [-0.2, 0) is 14.6 Å². The fourth-order valence-corrected chi connectivity index (χ4v) is 3.28. The van der Waals surface area contributed by atoms with Gasteiger partial charge in [0.25, 0.3) is 5.91 Å². The molecule has 2 rings (SSSR count). The first-order valence-electron chi connectivity index (χ1n) is 7.26. The van der Waals surface area contributed by atoms with E-state index in [-0.39, 0.29) is 23.1 Å². The Kier molecular flexibility index (Phi) is 6.10. The Morgan fingerprint density at radius 3 is 2.67 bits per heavy atom. The van der Waals surface area contributed by atoms with Crippen LogP contribution in [0.3, 0.4) is 0 Å². The summed E-state index contributed by atoms with van der Waals surface area (Å²) in [6.45, 7) is 0.394. The number of hydrogen-bond acceptors (Lipinski definition) is 5. The Morgan fingerprint density at radius 1 is 1.21 bits per heavy atom. The molecule has 0 atom stereocenters. The average Bonchev–Trinajstić information content (AvgIpc) is 3.05. The minimum Gasteiger partial charge on any atom is -0.352 e. The summed E-state index contributed by atoms with van der Waals surface area (Å²) in [6, 6.07) is 7.84. The molecule has 6 nitrogen and oxygen atoms in total. The average molecular weight is 366 g/mol. The molecule has 0 fully saturated rings. The smallest absolute Gasteiger partial charge is 0.252 e. The standard InChI is InChI=1S/C16H18N2O4S2/c1-24(21,22)14-5-2-4-13(10-14)18-15(19)6-3-8-17-16(20)12-7-9-23-11-12/h2,4-5,7,9-11H,3,6,8H2,1H3,(H,17,20)(H,18,19). The van der Waals surface area contributed by atoms with Crippen molar-refractivity contribution in [2.75, 3.05) is 18.1 Å². The topological polar surface area (TPSA) is 92.3 Å². The number of hydrogen-bond donors (Lipinski definition) is 2. The van der Waals surface area contributed by atoms with Gasteiger partial charge in [0.15, 0.2) is 9.84 Å². The first-order chi connectivity index (χ1) is 11.4. The van der Waals surface area contributed by atoms with Gasteiger partial charge in [-0.3, -0.25) is 9.59 Å². The second kappa shape index (κ2) is 8.07. The first kappa shape index (κ1) is 18.2. The van der Waals surface area contributed by atoms with E-state index in [4.69, 9.17) is 0 Å². The molecular formula is C16H18N2O4S2. The maximum atomic E-state index is 11.9. The summed E-state index contributed by atoms with van der Waals surface area (Å²) in [5, 5.41) is 8.98. The summed E-state index contributed by atoms with van der Waals surface area (Å²) in [5.41, 5.74) is 1.05. The van der Waals surface area contributed by atoms with Gasteiger partial charge in [0.05, 0.1) is 4.90 Å². The number of anilines is 1. The predicted molar refractivity (Wildman–Crippen MR) is 94.1 cm³/mol. The number of amides is 2. The molecule has 2 amide bonds. The van der Waals surface area contributed by atoms with E-state index in [0.29, 0.717) is 24.2 Å². The number of carbonyl (C=O) groups is 2. The Balaban J connectivity index is 1.77. The molecule has 2 aromatic rings. The van der Waals surface area contributed by atoms with Crippen LogP contribution in [-0.4, -0.2) is 33.0 Å². The van der Waals surface area contributed by atoms with Gasteiger partial charge >= 0.3 is 0 Å². The summed E-state index contributed by atoms with van der Waals surface area (Å²) in [6.07, 6.45) is 1.84. The normalized spacial score (nSPS) is 11.0. The number of sulfone groups is 1. The predicted octanol–water partition coefficient (Wildman–Crippen LogP) is 2.30. The van der Waals surface area contributed by atoms with Crippen LogP contribution < -0.4 is 10.6 Å². The number of benzene rings is 1. The highest BCUT2D eigenvalue weighted by atomic mass is 32.2. The van der Waals surface area contributed by atoms with Crippen LogP contribution in [0.15, 0.2) is 46.0 Å². The van der Waals surface area contributed by atoms with Crippen molar-refractivity contribution in [3.8, 4) is 0 Å². The van der Waals surface area contributed by atoms with E-state index in [9.17, 15) is 18.0 Å². The number of rotatable bonds is 7. The Bertz CT molecular complexity index is 814. The van der Waals surface area contributed by atoms with Crippen molar-refractivity contribution in [2.45, 2.75) is 17.7 Å². The highest BCUT2D eigenvalue weighted by Crippen LogP contribution is 2.15. The monoisotopic (exact) mass is 366 g/mol. The maximum Gasteiger partial charge on any atom is 0.252 e. The molecule has 0 aliphatic carbocycles. The van der Waals surface area contributed by atoms with Crippen LogP contribution in [0.5, 0.6) is 0 Å². The quantitative estimate of drug-likeness (QED) is 0.736. The molecule has 128 valence electrons. The van der Waals surface area contributed by atoms with Crippen molar-refractivity contribution < 1.29 is 18.0 Å². The zero-order valence-electron chi connectivity index (χ0n) is 13.1. The fourth-order valence-electron chi connectivity index (χ4n) is 1.97. The fraction of sp³-hybridized carbons (Fsp3) is 0.250. The molecule has 0 aliphatic heterocycles.